The van der Waals surface area contributed by atoms with Gasteiger partial charge in [0.15, 0.2) is 0 Å². The van der Waals surface area contributed by atoms with Crippen LogP contribution in [0, 0.1) is 6.92 Å². The molecule has 26 heavy (non-hydrogen) atoms. The minimum atomic E-state index is -0.533. The summed E-state index contributed by atoms with van der Waals surface area (Å²) in [5.74, 6) is -1.06. The molecule has 0 bridgehead atoms. The van der Waals surface area contributed by atoms with Crippen molar-refractivity contribution in [3.8, 4) is 11.3 Å². The van der Waals surface area contributed by atoms with Gasteiger partial charge in [0.25, 0.3) is 0 Å². The lowest BCUT2D eigenvalue weighted by Crippen LogP contribution is -2.13. The van der Waals surface area contributed by atoms with E-state index in [1.807, 2.05) is 53.9 Å². The van der Waals surface area contributed by atoms with E-state index in [0.717, 1.165) is 11.1 Å². The van der Waals surface area contributed by atoms with Crippen LogP contribution in [0.5, 0.6) is 0 Å². The molecule has 0 aliphatic carbocycles. The molecule has 3 aromatic rings. The Morgan fingerprint density at radius 3 is 2.12 bits per heavy atom. The summed E-state index contributed by atoms with van der Waals surface area (Å²) >= 11 is 0. The first kappa shape index (κ1) is 17.7. The number of hydrogen-bond donors (Lipinski definition) is 0. The van der Waals surface area contributed by atoms with Crippen LogP contribution in [0.25, 0.3) is 16.8 Å². The molecule has 2 heterocycles. The number of benzene rings is 1. The Kier molecular flexibility index (Phi) is 5.07. The van der Waals surface area contributed by atoms with E-state index < -0.39 is 11.9 Å². The Morgan fingerprint density at radius 1 is 0.885 bits per heavy atom. The third kappa shape index (κ3) is 3.08. The number of ether oxygens (including phenoxy) is 2. The quantitative estimate of drug-likeness (QED) is 0.644. The van der Waals surface area contributed by atoms with E-state index in [1.54, 1.807) is 19.9 Å². The zero-order valence-corrected chi connectivity index (χ0v) is 15.1. The van der Waals surface area contributed by atoms with Gasteiger partial charge in [-0.05, 0) is 38.5 Å². The van der Waals surface area contributed by atoms with Gasteiger partial charge >= 0.3 is 11.9 Å². The van der Waals surface area contributed by atoms with Crippen LogP contribution < -0.4 is 0 Å². The highest BCUT2D eigenvalue weighted by molar-refractivity contribution is 6.12. The minimum absolute atomic E-state index is 0.223. The highest BCUT2D eigenvalue weighted by Crippen LogP contribution is 2.33. The Balaban J connectivity index is 2.37. The summed E-state index contributed by atoms with van der Waals surface area (Å²) < 4.78 is 12.3. The highest BCUT2D eigenvalue weighted by Gasteiger charge is 2.30. The number of carbonyl (C=O) groups is 2. The molecule has 1 aromatic carbocycles. The molecule has 0 aliphatic heterocycles. The van der Waals surface area contributed by atoms with Crippen LogP contribution in [0.1, 0.15) is 40.1 Å². The Morgan fingerprint density at radius 2 is 1.50 bits per heavy atom. The lowest BCUT2D eigenvalue weighted by atomic mass is 10.0. The first-order valence-electron chi connectivity index (χ1n) is 8.62. The van der Waals surface area contributed by atoms with E-state index in [1.165, 1.54) is 0 Å². The monoisotopic (exact) mass is 351 g/mol. The van der Waals surface area contributed by atoms with Gasteiger partial charge in [0.1, 0.15) is 11.1 Å². The zero-order valence-electron chi connectivity index (χ0n) is 15.1. The van der Waals surface area contributed by atoms with E-state index in [2.05, 4.69) is 0 Å². The summed E-state index contributed by atoms with van der Waals surface area (Å²) in [5, 5.41) is 0. The molecule has 3 rings (SSSR count). The second-order valence-electron chi connectivity index (χ2n) is 5.86. The largest absolute Gasteiger partial charge is 0.462 e. The van der Waals surface area contributed by atoms with Crippen LogP contribution in [-0.2, 0) is 9.47 Å². The number of aromatic nitrogens is 1. The molecule has 0 unspecified atom stereocenters. The molecule has 0 saturated carbocycles. The van der Waals surface area contributed by atoms with Crippen molar-refractivity contribution in [1.82, 2.24) is 4.40 Å². The molecule has 2 aromatic heterocycles. The van der Waals surface area contributed by atoms with Gasteiger partial charge in [0.2, 0.25) is 0 Å². The lowest BCUT2D eigenvalue weighted by molar-refractivity contribution is 0.0482. The van der Waals surface area contributed by atoms with Gasteiger partial charge in [0, 0.05) is 6.20 Å². The van der Waals surface area contributed by atoms with Crippen LogP contribution in [-0.4, -0.2) is 29.6 Å². The van der Waals surface area contributed by atoms with Crippen molar-refractivity contribution >= 4 is 17.5 Å². The number of carbonyl (C=O) groups excluding carboxylic acids is 2. The van der Waals surface area contributed by atoms with Gasteiger partial charge in [-0.15, -0.1) is 0 Å². The van der Waals surface area contributed by atoms with Gasteiger partial charge in [-0.3, -0.25) is 0 Å². The van der Waals surface area contributed by atoms with Gasteiger partial charge in [-0.2, -0.15) is 0 Å². The maximum Gasteiger partial charge on any atom is 0.341 e. The molecule has 0 atom stereocenters. The molecule has 0 amide bonds. The maximum atomic E-state index is 12.8. The van der Waals surface area contributed by atoms with Crippen molar-refractivity contribution in [3.05, 3.63) is 65.4 Å². The average Bonchev–Trinajstić information content (AvgIpc) is 2.98. The number of nitrogens with zero attached hydrogens (tertiary/aromatic N) is 1. The fraction of sp³-hybridized carbons (Fsp3) is 0.238. The fourth-order valence-electron chi connectivity index (χ4n) is 3.02. The summed E-state index contributed by atoms with van der Waals surface area (Å²) in [4.78, 5) is 25.4. The van der Waals surface area contributed by atoms with Crippen LogP contribution in [0.3, 0.4) is 0 Å². The lowest BCUT2D eigenvalue weighted by Gasteiger charge is -2.08. The number of aryl methyl sites for hydroxylation is 1. The Labute approximate surface area is 152 Å². The summed E-state index contributed by atoms with van der Waals surface area (Å²) in [6.07, 6.45) is 1.83. The van der Waals surface area contributed by atoms with Crippen molar-refractivity contribution in [1.29, 1.82) is 0 Å². The molecular formula is C21H21NO4. The van der Waals surface area contributed by atoms with Crippen molar-refractivity contribution in [2.45, 2.75) is 20.8 Å². The number of esters is 2. The molecule has 0 saturated heterocycles. The number of hydrogen-bond acceptors (Lipinski definition) is 4. The van der Waals surface area contributed by atoms with Crippen LogP contribution in [0.2, 0.25) is 0 Å². The number of pyridine rings is 1. The normalized spacial score (nSPS) is 10.7. The zero-order chi connectivity index (χ0) is 18.7. The third-order valence-corrected chi connectivity index (χ3v) is 4.13. The van der Waals surface area contributed by atoms with Crippen molar-refractivity contribution in [2.24, 2.45) is 0 Å². The van der Waals surface area contributed by atoms with Crippen molar-refractivity contribution in [3.63, 3.8) is 0 Å². The molecule has 0 N–H and O–H groups in total. The van der Waals surface area contributed by atoms with Crippen molar-refractivity contribution < 1.29 is 19.1 Å². The number of rotatable bonds is 5. The number of fused-ring (bicyclic) bond motifs is 1. The van der Waals surface area contributed by atoms with Crippen LogP contribution >= 0.6 is 0 Å². The second kappa shape index (κ2) is 7.44. The first-order valence-corrected chi connectivity index (χ1v) is 8.62. The van der Waals surface area contributed by atoms with E-state index in [0.29, 0.717) is 11.2 Å². The topological polar surface area (TPSA) is 57.0 Å². The minimum Gasteiger partial charge on any atom is -0.462 e. The SMILES string of the molecule is CCOC(=O)c1c(C(=O)OCC)c2ccccn2c1-c1ccc(C)cc1. The van der Waals surface area contributed by atoms with Crippen LogP contribution in [0.4, 0.5) is 0 Å². The molecular weight excluding hydrogens is 330 g/mol. The smallest absolute Gasteiger partial charge is 0.341 e. The Bertz CT molecular complexity index is 954. The molecule has 0 aliphatic rings. The van der Waals surface area contributed by atoms with Gasteiger partial charge in [-0.25, -0.2) is 9.59 Å². The van der Waals surface area contributed by atoms with Gasteiger partial charge in [-0.1, -0.05) is 35.9 Å². The van der Waals surface area contributed by atoms with E-state index in [4.69, 9.17) is 9.47 Å². The summed E-state index contributed by atoms with van der Waals surface area (Å²) in [6.45, 7) is 5.92. The fourth-order valence-corrected chi connectivity index (χ4v) is 3.02. The van der Waals surface area contributed by atoms with E-state index >= 15 is 0 Å². The molecule has 5 nitrogen and oxygen atoms in total. The molecule has 134 valence electrons. The van der Waals surface area contributed by atoms with Gasteiger partial charge < -0.3 is 13.9 Å². The first-order chi connectivity index (χ1) is 12.6. The van der Waals surface area contributed by atoms with Crippen LogP contribution in [0.15, 0.2) is 48.7 Å². The molecule has 0 fully saturated rings. The predicted octanol–water partition coefficient (Wildman–Crippen LogP) is 4.27. The third-order valence-electron chi connectivity index (χ3n) is 4.13. The molecule has 0 radical (unpaired) electrons. The average molecular weight is 351 g/mol. The van der Waals surface area contributed by atoms with E-state index in [9.17, 15) is 9.59 Å². The maximum absolute atomic E-state index is 12.8. The standard InChI is InChI=1S/C21H21NO4/c1-4-25-20(23)17-16-8-6-7-13-22(16)19(18(17)21(24)26-5-2)15-11-9-14(3)10-12-15/h6-13H,4-5H2,1-3H3. The van der Waals surface area contributed by atoms with E-state index in [-0.39, 0.29) is 24.3 Å². The van der Waals surface area contributed by atoms with Gasteiger partial charge in [0.05, 0.1) is 24.4 Å². The molecule has 0 spiro atoms. The van der Waals surface area contributed by atoms with Crippen molar-refractivity contribution in [2.75, 3.05) is 13.2 Å². The summed E-state index contributed by atoms with van der Waals surface area (Å²) in [7, 11) is 0. The Hall–Kier alpha value is -3.08. The second-order valence-corrected chi connectivity index (χ2v) is 5.86. The molecule has 5 heteroatoms. The summed E-state index contributed by atoms with van der Waals surface area (Å²) in [6, 6.07) is 13.3. The predicted molar refractivity (Wildman–Crippen MR) is 99.5 cm³/mol. The highest BCUT2D eigenvalue weighted by atomic mass is 16.5. The summed E-state index contributed by atoms with van der Waals surface area (Å²) in [5.41, 5.74) is 3.65.